The summed E-state index contributed by atoms with van der Waals surface area (Å²) in [5.41, 5.74) is 3.31. The highest BCUT2D eigenvalue weighted by Crippen LogP contribution is 2.28. The predicted octanol–water partition coefficient (Wildman–Crippen LogP) is 4.03. The smallest absolute Gasteiger partial charge is 0.256 e. The molecule has 3 aromatic rings. The zero-order valence-corrected chi connectivity index (χ0v) is 17.4. The summed E-state index contributed by atoms with van der Waals surface area (Å²) in [5.74, 6) is 0.763. The van der Waals surface area contributed by atoms with Crippen LogP contribution in [0.3, 0.4) is 0 Å². The van der Waals surface area contributed by atoms with Crippen molar-refractivity contribution in [1.82, 2.24) is 9.47 Å². The van der Waals surface area contributed by atoms with E-state index in [2.05, 4.69) is 64.2 Å². The van der Waals surface area contributed by atoms with Gasteiger partial charge in [0, 0.05) is 55.5 Å². The van der Waals surface area contributed by atoms with Gasteiger partial charge in [-0.05, 0) is 37.0 Å². The van der Waals surface area contributed by atoms with Crippen LogP contribution in [0, 0.1) is 5.92 Å². The summed E-state index contributed by atoms with van der Waals surface area (Å²) in [7, 11) is 0. The summed E-state index contributed by atoms with van der Waals surface area (Å²) in [5, 5.41) is 1.07. The molecule has 2 aromatic carbocycles. The summed E-state index contributed by atoms with van der Waals surface area (Å²) >= 11 is 0. The number of hydrogen-bond donors (Lipinski definition) is 0. The molecular formula is C25H29N3O2. The molecule has 2 fully saturated rings. The number of benzene rings is 2. The molecule has 5 heteroatoms. The van der Waals surface area contributed by atoms with Crippen LogP contribution in [0.5, 0.6) is 0 Å². The minimum Gasteiger partial charge on any atom is -0.378 e. The van der Waals surface area contributed by atoms with Crippen molar-refractivity contribution in [2.45, 2.75) is 19.4 Å². The fourth-order valence-electron chi connectivity index (χ4n) is 4.80. The molecule has 2 saturated heterocycles. The Kier molecular flexibility index (Phi) is 5.45. The number of carbonyl (C=O) groups is 1. The van der Waals surface area contributed by atoms with Crippen molar-refractivity contribution in [3.63, 3.8) is 0 Å². The summed E-state index contributed by atoms with van der Waals surface area (Å²) in [6.45, 7) is 5.77. The molecule has 0 atom stereocenters. The first-order valence-corrected chi connectivity index (χ1v) is 11.0. The molecular weight excluding hydrogens is 374 g/mol. The number of rotatable bonds is 4. The monoisotopic (exact) mass is 403 g/mol. The maximum absolute atomic E-state index is 13.2. The van der Waals surface area contributed by atoms with Gasteiger partial charge in [0.15, 0.2) is 0 Å². The van der Waals surface area contributed by atoms with Crippen LogP contribution in [0.2, 0.25) is 0 Å². The third-order valence-electron chi connectivity index (χ3n) is 6.51. The van der Waals surface area contributed by atoms with Crippen LogP contribution < -0.4 is 4.90 Å². The average Bonchev–Trinajstić information content (AvgIpc) is 3.19. The van der Waals surface area contributed by atoms with Crippen LogP contribution in [0.4, 0.5) is 5.69 Å². The van der Waals surface area contributed by atoms with Crippen molar-refractivity contribution in [2.75, 3.05) is 44.3 Å². The Morgan fingerprint density at radius 2 is 1.60 bits per heavy atom. The second kappa shape index (κ2) is 8.52. The fourth-order valence-corrected chi connectivity index (χ4v) is 4.80. The highest BCUT2D eigenvalue weighted by molar-refractivity contribution is 6.07. The molecule has 1 amide bonds. The van der Waals surface area contributed by atoms with E-state index < -0.39 is 0 Å². The first-order valence-electron chi connectivity index (χ1n) is 11.0. The zero-order valence-electron chi connectivity index (χ0n) is 17.4. The first kappa shape index (κ1) is 19.2. The van der Waals surface area contributed by atoms with Crippen LogP contribution in [-0.2, 0) is 11.3 Å². The molecule has 30 heavy (non-hydrogen) atoms. The number of ether oxygens (including phenoxy) is 1. The van der Waals surface area contributed by atoms with Crippen molar-refractivity contribution in [3.8, 4) is 0 Å². The largest absolute Gasteiger partial charge is 0.378 e. The molecule has 5 rings (SSSR count). The number of para-hydroxylation sites is 2. The molecule has 0 radical (unpaired) electrons. The van der Waals surface area contributed by atoms with Crippen molar-refractivity contribution in [2.24, 2.45) is 5.92 Å². The molecule has 1 aromatic heterocycles. The molecule has 0 aliphatic carbocycles. The average molecular weight is 404 g/mol. The summed E-state index contributed by atoms with van der Waals surface area (Å²) in [6, 6.07) is 19.0. The maximum atomic E-state index is 13.2. The van der Waals surface area contributed by atoms with Gasteiger partial charge in [0.1, 0.15) is 0 Å². The van der Waals surface area contributed by atoms with Crippen LogP contribution in [-0.4, -0.2) is 54.8 Å². The number of carbonyl (C=O) groups excluding carboxylic acids is 1. The van der Waals surface area contributed by atoms with E-state index in [1.54, 1.807) is 0 Å². The van der Waals surface area contributed by atoms with E-state index in [0.717, 1.165) is 30.6 Å². The van der Waals surface area contributed by atoms with Crippen LogP contribution in [0.25, 0.3) is 10.9 Å². The number of fused-ring (bicyclic) bond motifs is 1. The second-order valence-corrected chi connectivity index (χ2v) is 8.38. The standard InChI is InChI=1S/C25H29N3O2/c29-25(27-14-16-30-17-15-27)23-19-28(24-9-5-4-8-22(23)24)18-20-10-12-26(13-11-20)21-6-2-1-3-7-21/h1-9,19-20H,10-18H2. The Morgan fingerprint density at radius 1 is 0.900 bits per heavy atom. The van der Waals surface area contributed by atoms with E-state index in [1.807, 2.05) is 11.0 Å². The molecule has 0 unspecified atom stereocenters. The third kappa shape index (κ3) is 3.82. The first-order chi connectivity index (χ1) is 14.8. The Bertz CT molecular complexity index is 1000. The van der Waals surface area contributed by atoms with Crippen molar-refractivity contribution >= 4 is 22.5 Å². The molecule has 2 aliphatic heterocycles. The Labute approximate surface area is 177 Å². The molecule has 0 spiro atoms. The predicted molar refractivity (Wildman–Crippen MR) is 120 cm³/mol. The molecule has 2 aliphatic rings. The normalized spacial score (nSPS) is 18.1. The van der Waals surface area contributed by atoms with E-state index in [1.165, 1.54) is 24.0 Å². The number of anilines is 1. The van der Waals surface area contributed by atoms with E-state index in [-0.39, 0.29) is 5.91 Å². The maximum Gasteiger partial charge on any atom is 0.256 e. The molecule has 5 nitrogen and oxygen atoms in total. The van der Waals surface area contributed by atoms with Gasteiger partial charge in [-0.3, -0.25) is 4.79 Å². The zero-order chi connectivity index (χ0) is 20.3. The molecule has 0 bridgehead atoms. The van der Waals surface area contributed by atoms with Gasteiger partial charge < -0.3 is 19.1 Å². The van der Waals surface area contributed by atoms with Crippen LogP contribution in [0.15, 0.2) is 60.8 Å². The second-order valence-electron chi connectivity index (χ2n) is 8.38. The lowest BCUT2D eigenvalue weighted by molar-refractivity contribution is 0.0304. The van der Waals surface area contributed by atoms with E-state index in [9.17, 15) is 4.79 Å². The van der Waals surface area contributed by atoms with E-state index >= 15 is 0 Å². The van der Waals surface area contributed by atoms with E-state index in [4.69, 9.17) is 4.74 Å². The van der Waals surface area contributed by atoms with Gasteiger partial charge in [-0.2, -0.15) is 0 Å². The molecule has 3 heterocycles. The number of aromatic nitrogens is 1. The van der Waals surface area contributed by atoms with Gasteiger partial charge >= 0.3 is 0 Å². The minimum atomic E-state index is 0.132. The SMILES string of the molecule is O=C(c1cn(CC2CCN(c3ccccc3)CC2)c2ccccc12)N1CCOCC1. The molecule has 156 valence electrons. The fraction of sp³-hybridized carbons (Fsp3) is 0.400. The van der Waals surface area contributed by atoms with Gasteiger partial charge in [0.05, 0.1) is 18.8 Å². The number of nitrogens with zero attached hydrogens (tertiary/aromatic N) is 3. The summed E-state index contributed by atoms with van der Waals surface area (Å²) in [6.07, 6.45) is 4.44. The number of piperidine rings is 1. The summed E-state index contributed by atoms with van der Waals surface area (Å²) < 4.78 is 7.73. The third-order valence-corrected chi connectivity index (χ3v) is 6.51. The van der Waals surface area contributed by atoms with Gasteiger partial charge in [0.25, 0.3) is 5.91 Å². The van der Waals surface area contributed by atoms with Crippen molar-refractivity contribution in [1.29, 1.82) is 0 Å². The Hall–Kier alpha value is -2.79. The Balaban J connectivity index is 1.32. The van der Waals surface area contributed by atoms with Gasteiger partial charge in [-0.25, -0.2) is 0 Å². The van der Waals surface area contributed by atoms with Crippen LogP contribution >= 0.6 is 0 Å². The Morgan fingerprint density at radius 3 is 2.37 bits per heavy atom. The number of morpholine rings is 1. The minimum absolute atomic E-state index is 0.132. The lowest BCUT2D eigenvalue weighted by atomic mass is 9.96. The molecule has 0 N–H and O–H groups in total. The lowest BCUT2D eigenvalue weighted by Crippen LogP contribution is -2.40. The number of hydrogen-bond acceptors (Lipinski definition) is 3. The molecule has 0 saturated carbocycles. The van der Waals surface area contributed by atoms with Gasteiger partial charge in [-0.1, -0.05) is 36.4 Å². The highest BCUT2D eigenvalue weighted by Gasteiger charge is 2.24. The number of amides is 1. The van der Waals surface area contributed by atoms with Gasteiger partial charge in [0.2, 0.25) is 0 Å². The quantitative estimate of drug-likeness (QED) is 0.660. The topological polar surface area (TPSA) is 37.7 Å². The van der Waals surface area contributed by atoms with Gasteiger partial charge in [-0.15, -0.1) is 0 Å². The highest BCUT2D eigenvalue weighted by atomic mass is 16.5. The van der Waals surface area contributed by atoms with Crippen molar-refractivity contribution < 1.29 is 9.53 Å². The summed E-state index contributed by atoms with van der Waals surface area (Å²) in [4.78, 5) is 17.6. The van der Waals surface area contributed by atoms with E-state index in [0.29, 0.717) is 32.2 Å². The van der Waals surface area contributed by atoms with Crippen molar-refractivity contribution in [3.05, 3.63) is 66.4 Å². The van der Waals surface area contributed by atoms with Crippen LogP contribution in [0.1, 0.15) is 23.2 Å². The lowest BCUT2D eigenvalue weighted by Gasteiger charge is -2.34.